The van der Waals surface area contributed by atoms with Gasteiger partial charge in [0.05, 0.1) is 22.7 Å². The molecule has 4 aromatic carbocycles. The largest absolute Gasteiger partial charge is 0.444 e. The molecule has 0 radical (unpaired) electrons. The van der Waals surface area contributed by atoms with Crippen molar-refractivity contribution in [1.29, 1.82) is 0 Å². The van der Waals surface area contributed by atoms with Crippen LogP contribution in [0.5, 0.6) is 0 Å². The van der Waals surface area contributed by atoms with E-state index in [1.54, 1.807) is 104 Å². The lowest BCUT2D eigenvalue weighted by Crippen LogP contribution is -2.58. The Bertz CT molecular complexity index is 4640. The number of piperidine rings is 5. The minimum Gasteiger partial charge on any atom is -0.444 e. The van der Waals surface area contributed by atoms with Gasteiger partial charge in [0.15, 0.2) is 0 Å². The number of ketones is 1. The Hall–Kier alpha value is -10.6. The molecule has 5 amide bonds. The van der Waals surface area contributed by atoms with Gasteiger partial charge in [0, 0.05) is 143 Å². The molecule has 4 aromatic heterocycles. The van der Waals surface area contributed by atoms with Gasteiger partial charge in [0.25, 0.3) is 11.8 Å². The second-order valence-corrected chi connectivity index (χ2v) is 36.5. The number of aliphatic hydroxyl groups is 2. The maximum Gasteiger partial charge on any atom is 0.426 e. The van der Waals surface area contributed by atoms with Gasteiger partial charge < -0.3 is 48.9 Å². The van der Waals surface area contributed by atoms with Crippen LogP contribution < -0.4 is 0 Å². The Kier molecular flexibility index (Phi) is 31.7. The van der Waals surface area contributed by atoms with Crippen LogP contribution in [0.25, 0.3) is 22.7 Å². The fourth-order valence-corrected chi connectivity index (χ4v) is 16.4. The van der Waals surface area contributed by atoms with Crippen molar-refractivity contribution in [3.05, 3.63) is 192 Å². The summed E-state index contributed by atoms with van der Waals surface area (Å²) in [7, 11) is 0. The lowest BCUT2D eigenvalue weighted by atomic mass is 9.83. The van der Waals surface area contributed by atoms with E-state index in [0.717, 1.165) is 63.2 Å². The van der Waals surface area contributed by atoms with E-state index in [9.17, 15) is 82.9 Å². The molecule has 34 heteroatoms. The van der Waals surface area contributed by atoms with Crippen LogP contribution in [0, 0.1) is 58.8 Å². The van der Waals surface area contributed by atoms with Crippen LogP contribution in [-0.4, -0.2) is 216 Å². The van der Waals surface area contributed by atoms with E-state index >= 15 is 0 Å². The zero-order chi connectivity index (χ0) is 92.4. The Morgan fingerprint density at radius 1 is 0.328 bits per heavy atom. The number of halogens is 10. The van der Waals surface area contributed by atoms with Crippen LogP contribution >= 0.6 is 0 Å². The van der Waals surface area contributed by atoms with Crippen LogP contribution in [0.2, 0.25) is 0 Å². The summed E-state index contributed by atoms with van der Waals surface area (Å²) in [5.41, 5.74) is -1.36. The van der Waals surface area contributed by atoms with Crippen molar-refractivity contribution >= 4 is 35.9 Å². The predicted molar refractivity (Wildman–Crippen MR) is 448 cm³/mol. The molecule has 5 saturated heterocycles. The third-order valence-electron chi connectivity index (χ3n) is 23.0. The molecule has 5 aliphatic rings. The Morgan fingerprint density at radius 2 is 0.536 bits per heavy atom. The van der Waals surface area contributed by atoms with Crippen molar-refractivity contribution in [2.24, 2.45) is 35.5 Å². The number of amides is 5. The molecule has 9 heterocycles. The fourth-order valence-electron chi connectivity index (χ4n) is 16.4. The predicted octanol–water partition coefficient (Wildman–Crippen LogP) is 17.8. The van der Waals surface area contributed by atoms with E-state index in [2.05, 4.69) is 34.2 Å². The molecule has 0 aliphatic carbocycles. The summed E-state index contributed by atoms with van der Waals surface area (Å²) < 4.78 is 154. The van der Waals surface area contributed by atoms with E-state index < -0.39 is 52.2 Å². The number of rotatable bonds is 11. The standard InChI is InChI=1S/2C20H26FN3O2.2C19H21F4N3O2.C13H23NO3/c2*1-14-13-23(19(25)26-20(2,3)4)12-10-17(14)18-9-11-22-24(18)16-7-5-15(21)6-8-16;2*1-12-11-25(17(27)18(2,28)19(21,22)23)10-8-15(12)16-7-9-24-26(16)14-5-3-13(20)4-6-14;1-9-8-14(7-6-11(9)10(2)15)12(16)17-13(3,4)5/h2*5-9,11,14,17H,10,12-13H2,1-4H3;2*3-7,9,12,15,28H,8,10-11H2,1-2H3;9,11H,6-8H2,1-5H3/t2*14-,17+;12-,15+,18+;12-,15+,18-;/m1001./s1. The van der Waals surface area contributed by atoms with Crippen LogP contribution in [0.4, 0.5) is 58.3 Å². The number of likely N-dealkylation sites (tertiary alicyclic amines) is 5. The molecule has 2 unspecified atom stereocenters. The Labute approximate surface area is 723 Å². The summed E-state index contributed by atoms with van der Waals surface area (Å²) in [6.45, 7) is 33.6. The highest BCUT2D eigenvalue weighted by atomic mass is 19.4. The first-order valence-corrected chi connectivity index (χ1v) is 42.0. The van der Waals surface area contributed by atoms with Crippen molar-refractivity contribution in [3.8, 4) is 22.7 Å². The van der Waals surface area contributed by atoms with Crippen molar-refractivity contribution in [3.63, 3.8) is 0 Å². The summed E-state index contributed by atoms with van der Waals surface area (Å²) in [4.78, 5) is 79.7. The van der Waals surface area contributed by atoms with Gasteiger partial charge in [-0.1, -0.05) is 34.6 Å². The highest BCUT2D eigenvalue weighted by Crippen LogP contribution is 2.42. The number of carbonyl (C=O) groups is 6. The quantitative estimate of drug-likeness (QED) is 0.0901. The topological polar surface area (TPSA) is 258 Å². The van der Waals surface area contributed by atoms with Crippen LogP contribution in [0.15, 0.2) is 146 Å². The lowest BCUT2D eigenvalue weighted by molar-refractivity contribution is -0.251. The van der Waals surface area contributed by atoms with Crippen molar-refractivity contribution in [2.45, 2.75) is 214 Å². The zero-order valence-corrected chi connectivity index (χ0v) is 73.9. The first kappa shape index (κ1) is 98.2. The number of aromatic nitrogens is 8. The van der Waals surface area contributed by atoms with Crippen LogP contribution in [-0.2, 0) is 28.6 Å². The maximum absolute atomic E-state index is 13.2. The highest BCUT2D eigenvalue weighted by Gasteiger charge is 2.59. The maximum atomic E-state index is 13.2. The van der Waals surface area contributed by atoms with Crippen LogP contribution in [0.3, 0.4) is 0 Å². The average molecular weight is 1760 g/mol. The van der Waals surface area contributed by atoms with E-state index in [-0.39, 0.29) is 133 Å². The molecule has 12 atom stereocenters. The number of hydrogen-bond acceptors (Lipinski definition) is 15. The number of benzene rings is 4. The number of carbonyl (C=O) groups excluding carboxylic acids is 6. The number of nitrogens with zero attached hydrogens (tertiary/aromatic N) is 13. The summed E-state index contributed by atoms with van der Waals surface area (Å²) in [6.07, 6.45) is -0.823. The normalized spacial score (nSPS) is 22.4. The molecule has 5 fully saturated rings. The van der Waals surface area contributed by atoms with Gasteiger partial charge in [-0.15, -0.1) is 0 Å². The summed E-state index contributed by atoms with van der Waals surface area (Å²) >= 11 is 0. The van der Waals surface area contributed by atoms with Gasteiger partial charge >= 0.3 is 30.6 Å². The van der Waals surface area contributed by atoms with Gasteiger partial charge in [-0.3, -0.25) is 14.4 Å². The first-order chi connectivity index (χ1) is 58.2. The van der Waals surface area contributed by atoms with Gasteiger partial charge in [0.2, 0.25) is 11.2 Å². The van der Waals surface area contributed by atoms with Gasteiger partial charge in [-0.05, 0) is 266 Å². The van der Waals surface area contributed by atoms with Gasteiger partial charge in [-0.2, -0.15) is 46.7 Å². The number of alkyl halides is 6. The second kappa shape index (κ2) is 40.3. The number of ether oxygens (including phenoxy) is 3. The lowest BCUT2D eigenvalue weighted by Gasteiger charge is -2.40. The summed E-state index contributed by atoms with van der Waals surface area (Å²) in [5, 5.41) is 36.7. The molecule has 125 heavy (non-hydrogen) atoms. The minimum absolute atomic E-state index is 0.0487. The fraction of sp³-hybridized carbons (Fsp3) is 0.538. The van der Waals surface area contributed by atoms with E-state index in [1.807, 2.05) is 117 Å². The molecular weight excluding hydrogens is 1640 g/mol. The molecule has 0 bridgehead atoms. The molecule has 0 saturated carbocycles. The highest BCUT2D eigenvalue weighted by molar-refractivity contribution is 5.86. The summed E-state index contributed by atoms with van der Waals surface area (Å²) in [5.74, 6) is -2.71. The third kappa shape index (κ3) is 25.4. The molecule has 682 valence electrons. The molecule has 0 spiro atoms. The van der Waals surface area contributed by atoms with E-state index in [1.165, 1.54) is 48.5 Å². The van der Waals surface area contributed by atoms with Crippen LogP contribution in [0.1, 0.15) is 196 Å². The Morgan fingerprint density at radius 3 is 0.736 bits per heavy atom. The molecule has 8 aromatic rings. The third-order valence-corrected chi connectivity index (χ3v) is 23.0. The first-order valence-electron chi connectivity index (χ1n) is 42.0. The minimum atomic E-state index is -5.04. The molecule has 24 nitrogen and oxygen atoms in total. The smallest absolute Gasteiger partial charge is 0.426 e. The zero-order valence-electron chi connectivity index (χ0n) is 73.9. The van der Waals surface area contributed by atoms with E-state index in [0.29, 0.717) is 77.3 Å². The molecular formula is C91H117F10N13O11. The number of hydrogen-bond donors (Lipinski definition) is 2. The number of Topliss-reactive ketones (excluding diaryl/α,β-unsaturated/α-hetero) is 1. The van der Waals surface area contributed by atoms with Crippen molar-refractivity contribution in [1.82, 2.24) is 63.6 Å². The average Bonchev–Trinajstić information content (AvgIpc) is 0.864. The SMILES string of the molecule is CC(=O)C1CCN(C(=O)OC(C)(C)C)CC1C.C[C@@H]1CN(C(=O)OC(C)(C)C)CC[C@@H]1c1ccnn1-c1ccc(F)cc1.C[C@@H]1CN(C(=O)[C@@](C)(O)C(F)(F)F)CC[C@@H]1c1ccnn1-c1ccc(F)cc1.C[C@H]1CN(C(=O)OC(C)(C)C)CC[C@H]1c1ccnn1-c1ccc(F)cc1.C[C@H]1CN(C(=O)[C@@](C)(O)C(F)(F)F)CC[C@H]1c1ccnn1-c1ccc(F)cc1. The second-order valence-electron chi connectivity index (χ2n) is 36.5. The van der Waals surface area contributed by atoms with E-state index in [4.69, 9.17) is 14.2 Å². The molecule has 2 N–H and O–H groups in total. The summed E-state index contributed by atoms with van der Waals surface area (Å²) in [6, 6.07) is 32.0. The van der Waals surface area contributed by atoms with Gasteiger partial charge in [-0.25, -0.2) is 50.7 Å². The van der Waals surface area contributed by atoms with Crippen molar-refractivity contribution in [2.75, 3.05) is 65.4 Å². The molecule has 5 aliphatic heterocycles. The van der Waals surface area contributed by atoms with Crippen molar-refractivity contribution < 1.29 is 97.1 Å². The Balaban J connectivity index is 0.000000178. The molecule has 13 rings (SSSR count). The monoisotopic (exact) mass is 1760 g/mol. The van der Waals surface area contributed by atoms with Gasteiger partial charge in [0.1, 0.15) is 45.9 Å².